The Hall–Kier alpha value is -1.81. The maximum Gasteiger partial charge on any atom is 0.262 e. The molecular formula is C20H24BrNO2. The number of carbonyl (C=O) groups excluding carboxylic acids is 1. The summed E-state index contributed by atoms with van der Waals surface area (Å²) < 4.78 is 6.44. The number of benzene rings is 2. The van der Waals surface area contributed by atoms with Crippen LogP contribution in [0.15, 0.2) is 46.9 Å². The Kier molecular flexibility index (Phi) is 6.05. The largest absolute Gasteiger partial charge is 0.484 e. The zero-order chi connectivity index (χ0) is 17.7. The molecule has 0 aromatic heterocycles. The van der Waals surface area contributed by atoms with Crippen LogP contribution >= 0.6 is 15.9 Å². The van der Waals surface area contributed by atoms with Gasteiger partial charge in [0.25, 0.3) is 5.91 Å². The van der Waals surface area contributed by atoms with E-state index in [4.69, 9.17) is 4.74 Å². The van der Waals surface area contributed by atoms with Gasteiger partial charge in [-0.1, -0.05) is 45.9 Å². The van der Waals surface area contributed by atoms with E-state index in [2.05, 4.69) is 48.9 Å². The van der Waals surface area contributed by atoms with E-state index < -0.39 is 0 Å². The first-order chi connectivity index (χ1) is 11.3. The first-order valence-corrected chi connectivity index (χ1v) is 8.90. The molecule has 0 bridgehead atoms. The number of halogens is 1. The van der Waals surface area contributed by atoms with Crippen molar-refractivity contribution >= 4 is 27.5 Å². The van der Waals surface area contributed by atoms with Gasteiger partial charge in [-0.25, -0.2) is 0 Å². The standard InChI is InChI=1S/C20H24BrNO2/c1-5-14-6-11-18(17(21)12-14)22-19(23)13-24-16-9-7-15(8-10-16)20(2,3)4/h6-12H,5,13H2,1-4H3,(H,22,23). The van der Waals surface area contributed by atoms with Gasteiger partial charge in [0.05, 0.1) is 5.69 Å². The van der Waals surface area contributed by atoms with Gasteiger partial charge in [-0.15, -0.1) is 0 Å². The molecule has 0 aliphatic heterocycles. The monoisotopic (exact) mass is 389 g/mol. The summed E-state index contributed by atoms with van der Waals surface area (Å²) in [6.07, 6.45) is 0.959. The summed E-state index contributed by atoms with van der Waals surface area (Å²) in [5, 5.41) is 2.86. The SMILES string of the molecule is CCc1ccc(NC(=O)COc2ccc(C(C)(C)C)cc2)c(Br)c1. The molecule has 0 saturated carbocycles. The zero-order valence-electron chi connectivity index (χ0n) is 14.7. The minimum atomic E-state index is -0.181. The smallest absolute Gasteiger partial charge is 0.262 e. The molecule has 2 aromatic carbocycles. The van der Waals surface area contributed by atoms with Crippen molar-refractivity contribution in [3.8, 4) is 5.75 Å². The first-order valence-electron chi connectivity index (χ1n) is 8.11. The molecule has 0 unspecified atom stereocenters. The summed E-state index contributed by atoms with van der Waals surface area (Å²) in [6.45, 7) is 8.57. The minimum absolute atomic E-state index is 0.0170. The third-order valence-electron chi connectivity index (χ3n) is 3.81. The lowest BCUT2D eigenvalue weighted by atomic mass is 9.87. The summed E-state index contributed by atoms with van der Waals surface area (Å²) in [7, 11) is 0. The van der Waals surface area contributed by atoms with Crippen LogP contribution in [-0.4, -0.2) is 12.5 Å². The number of amides is 1. The molecule has 0 aliphatic carbocycles. The molecule has 0 spiro atoms. The topological polar surface area (TPSA) is 38.3 Å². The van der Waals surface area contributed by atoms with Gasteiger partial charge in [0.2, 0.25) is 0 Å². The molecule has 24 heavy (non-hydrogen) atoms. The fourth-order valence-electron chi connectivity index (χ4n) is 2.27. The normalized spacial score (nSPS) is 11.2. The van der Waals surface area contributed by atoms with Crippen molar-refractivity contribution in [2.75, 3.05) is 11.9 Å². The van der Waals surface area contributed by atoms with Crippen molar-refractivity contribution in [3.63, 3.8) is 0 Å². The Labute approximate surface area is 152 Å². The Morgan fingerprint density at radius 1 is 1.12 bits per heavy atom. The van der Waals surface area contributed by atoms with E-state index in [-0.39, 0.29) is 17.9 Å². The van der Waals surface area contributed by atoms with Gasteiger partial charge >= 0.3 is 0 Å². The van der Waals surface area contributed by atoms with Crippen molar-refractivity contribution in [3.05, 3.63) is 58.1 Å². The molecule has 0 radical (unpaired) electrons. The number of hydrogen-bond donors (Lipinski definition) is 1. The highest BCUT2D eigenvalue weighted by molar-refractivity contribution is 9.10. The summed E-state index contributed by atoms with van der Waals surface area (Å²) >= 11 is 3.48. The average Bonchev–Trinajstić information content (AvgIpc) is 2.54. The molecule has 3 nitrogen and oxygen atoms in total. The summed E-state index contributed by atoms with van der Waals surface area (Å²) in [4.78, 5) is 12.1. The van der Waals surface area contributed by atoms with Crippen molar-refractivity contribution in [1.29, 1.82) is 0 Å². The third kappa shape index (κ3) is 5.10. The lowest BCUT2D eigenvalue weighted by Crippen LogP contribution is -2.20. The van der Waals surface area contributed by atoms with Gasteiger partial charge in [0.1, 0.15) is 5.75 Å². The molecule has 0 saturated heterocycles. The number of anilines is 1. The third-order valence-corrected chi connectivity index (χ3v) is 4.46. The van der Waals surface area contributed by atoms with Crippen LogP contribution in [0.2, 0.25) is 0 Å². The molecule has 2 rings (SSSR count). The molecule has 0 heterocycles. The van der Waals surface area contributed by atoms with Crippen molar-refractivity contribution < 1.29 is 9.53 Å². The van der Waals surface area contributed by atoms with Crippen LogP contribution in [0.25, 0.3) is 0 Å². The molecule has 0 aliphatic rings. The molecule has 4 heteroatoms. The van der Waals surface area contributed by atoms with E-state index in [0.29, 0.717) is 5.75 Å². The van der Waals surface area contributed by atoms with Gasteiger partial charge < -0.3 is 10.1 Å². The maximum atomic E-state index is 12.1. The van der Waals surface area contributed by atoms with Gasteiger partial charge in [0, 0.05) is 4.47 Å². The molecule has 1 amide bonds. The maximum absolute atomic E-state index is 12.1. The van der Waals surface area contributed by atoms with Gasteiger partial charge in [-0.05, 0) is 63.2 Å². The number of ether oxygens (including phenoxy) is 1. The van der Waals surface area contributed by atoms with Crippen molar-refractivity contribution in [2.45, 2.75) is 39.5 Å². The van der Waals surface area contributed by atoms with Crippen LogP contribution in [0.5, 0.6) is 5.75 Å². The number of nitrogens with one attached hydrogen (secondary N) is 1. The Bertz CT molecular complexity index is 703. The van der Waals surface area contributed by atoms with E-state index in [1.165, 1.54) is 11.1 Å². The molecular weight excluding hydrogens is 366 g/mol. The van der Waals surface area contributed by atoms with E-state index >= 15 is 0 Å². The number of carbonyl (C=O) groups is 1. The van der Waals surface area contributed by atoms with Crippen LogP contribution in [0.4, 0.5) is 5.69 Å². The Morgan fingerprint density at radius 3 is 2.33 bits per heavy atom. The highest BCUT2D eigenvalue weighted by atomic mass is 79.9. The fourth-order valence-corrected chi connectivity index (χ4v) is 2.79. The molecule has 128 valence electrons. The van der Waals surface area contributed by atoms with Crippen molar-refractivity contribution in [2.24, 2.45) is 0 Å². The fraction of sp³-hybridized carbons (Fsp3) is 0.350. The second-order valence-electron chi connectivity index (χ2n) is 6.78. The second kappa shape index (κ2) is 7.84. The van der Waals surface area contributed by atoms with E-state index in [9.17, 15) is 4.79 Å². The summed E-state index contributed by atoms with van der Waals surface area (Å²) in [6, 6.07) is 13.8. The van der Waals surface area contributed by atoms with Crippen LogP contribution in [0, 0.1) is 0 Å². The quantitative estimate of drug-likeness (QED) is 0.750. The highest BCUT2D eigenvalue weighted by Gasteiger charge is 2.13. The van der Waals surface area contributed by atoms with Crippen LogP contribution in [0.3, 0.4) is 0 Å². The van der Waals surface area contributed by atoms with Crippen molar-refractivity contribution in [1.82, 2.24) is 0 Å². The summed E-state index contributed by atoms with van der Waals surface area (Å²) in [5.74, 6) is 0.512. The zero-order valence-corrected chi connectivity index (χ0v) is 16.2. The van der Waals surface area contributed by atoms with E-state index in [1.807, 2.05) is 42.5 Å². The molecule has 0 fully saturated rings. The predicted octanol–water partition coefficient (Wildman–Crippen LogP) is 5.33. The Balaban J connectivity index is 1.91. The molecule has 1 N–H and O–H groups in total. The van der Waals surface area contributed by atoms with E-state index in [1.54, 1.807) is 0 Å². The number of rotatable bonds is 5. The van der Waals surface area contributed by atoms with Crippen LogP contribution in [-0.2, 0) is 16.6 Å². The number of aryl methyl sites for hydroxylation is 1. The van der Waals surface area contributed by atoms with E-state index in [0.717, 1.165) is 16.6 Å². The lowest BCUT2D eigenvalue weighted by Gasteiger charge is -2.19. The second-order valence-corrected chi connectivity index (χ2v) is 7.63. The van der Waals surface area contributed by atoms with Crippen LogP contribution < -0.4 is 10.1 Å². The highest BCUT2D eigenvalue weighted by Crippen LogP contribution is 2.25. The first kappa shape index (κ1) is 18.5. The average molecular weight is 390 g/mol. The summed E-state index contributed by atoms with van der Waals surface area (Å²) in [5.41, 5.74) is 3.31. The number of hydrogen-bond acceptors (Lipinski definition) is 2. The molecule has 0 atom stereocenters. The minimum Gasteiger partial charge on any atom is -0.484 e. The lowest BCUT2D eigenvalue weighted by molar-refractivity contribution is -0.118. The Morgan fingerprint density at radius 2 is 1.79 bits per heavy atom. The van der Waals surface area contributed by atoms with Gasteiger partial charge in [-0.2, -0.15) is 0 Å². The van der Waals surface area contributed by atoms with Gasteiger partial charge in [-0.3, -0.25) is 4.79 Å². The molecule has 2 aromatic rings. The van der Waals surface area contributed by atoms with Crippen LogP contribution in [0.1, 0.15) is 38.8 Å². The van der Waals surface area contributed by atoms with Gasteiger partial charge in [0.15, 0.2) is 6.61 Å². The predicted molar refractivity (Wildman–Crippen MR) is 103 cm³/mol.